The second-order valence-corrected chi connectivity index (χ2v) is 5.53. The quantitative estimate of drug-likeness (QED) is 0.438. The van der Waals surface area contributed by atoms with Crippen LogP contribution in [0.4, 0.5) is 5.69 Å². The SMILES string of the molecule is CC(C)(CO)NC(=O)C(=O)Nc1ccc(SC#N)cc1. The molecule has 1 rings (SSSR count). The normalized spacial score (nSPS) is 10.5. The van der Waals surface area contributed by atoms with Crippen LogP contribution in [0, 0.1) is 10.7 Å². The van der Waals surface area contributed by atoms with Crippen molar-refractivity contribution >= 4 is 29.3 Å². The summed E-state index contributed by atoms with van der Waals surface area (Å²) in [4.78, 5) is 24.0. The van der Waals surface area contributed by atoms with E-state index in [4.69, 9.17) is 10.4 Å². The lowest BCUT2D eigenvalue weighted by Gasteiger charge is -2.22. The largest absolute Gasteiger partial charge is 0.394 e. The van der Waals surface area contributed by atoms with Gasteiger partial charge in [0.1, 0.15) is 5.40 Å². The lowest BCUT2D eigenvalue weighted by atomic mass is 10.1. The standard InChI is InChI=1S/C13H15N3O3S/c1-13(2,7-17)16-12(19)11(18)15-9-3-5-10(6-4-9)20-8-14/h3-6,17H,7H2,1-2H3,(H,15,18)(H,16,19). The number of carbonyl (C=O) groups is 2. The first-order valence-electron chi connectivity index (χ1n) is 5.78. The predicted molar refractivity (Wildman–Crippen MR) is 75.8 cm³/mol. The van der Waals surface area contributed by atoms with Gasteiger partial charge < -0.3 is 15.7 Å². The van der Waals surface area contributed by atoms with Gasteiger partial charge in [-0.15, -0.1) is 0 Å². The van der Waals surface area contributed by atoms with Crippen LogP contribution in [-0.4, -0.2) is 29.1 Å². The highest BCUT2D eigenvalue weighted by atomic mass is 32.2. The summed E-state index contributed by atoms with van der Waals surface area (Å²) in [5.41, 5.74) is -0.406. The molecule has 0 radical (unpaired) electrons. The Morgan fingerprint density at radius 2 is 1.90 bits per heavy atom. The molecule has 7 heteroatoms. The molecular weight excluding hydrogens is 278 g/mol. The highest BCUT2D eigenvalue weighted by Gasteiger charge is 2.23. The molecule has 1 aromatic rings. The predicted octanol–water partition coefficient (Wildman–Crippen LogP) is 1.09. The molecule has 106 valence electrons. The Hall–Kier alpha value is -2.04. The maximum absolute atomic E-state index is 11.7. The van der Waals surface area contributed by atoms with E-state index in [-0.39, 0.29) is 6.61 Å². The number of rotatable bonds is 4. The smallest absolute Gasteiger partial charge is 0.313 e. The molecule has 2 amide bonds. The van der Waals surface area contributed by atoms with E-state index in [0.717, 1.165) is 16.7 Å². The first kappa shape index (κ1) is 16.0. The second kappa shape index (κ2) is 6.93. The van der Waals surface area contributed by atoms with E-state index in [2.05, 4.69) is 10.6 Å². The van der Waals surface area contributed by atoms with Gasteiger partial charge in [-0.1, -0.05) is 0 Å². The third-order valence-electron chi connectivity index (χ3n) is 2.33. The lowest BCUT2D eigenvalue weighted by Crippen LogP contribution is -2.50. The highest BCUT2D eigenvalue weighted by Crippen LogP contribution is 2.18. The van der Waals surface area contributed by atoms with Crippen molar-refractivity contribution in [3.63, 3.8) is 0 Å². The van der Waals surface area contributed by atoms with E-state index in [0.29, 0.717) is 5.69 Å². The van der Waals surface area contributed by atoms with Gasteiger partial charge in [0.05, 0.1) is 12.1 Å². The molecule has 0 saturated heterocycles. The maximum atomic E-state index is 11.7. The summed E-state index contributed by atoms with van der Waals surface area (Å²) in [6, 6.07) is 6.53. The minimum Gasteiger partial charge on any atom is -0.394 e. The van der Waals surface area contributed by atoms with Crippen molar-refractivity contribution in [1.29, 1.82) is 5.26 Å². The van der Waals surface area contributed by atoms with Gasteiger partial charge in [-0.2, -0.15) is 5.26 Å². The molecule has 6 nitrogen and oxygen atoms in total. The number of aliphatic hydroxyl groups is 1. The van der Waals surface area contributed by atoms with Gasteiger partial charge in [-0.3, -0.25) is 9.59 Å². The summed E-state index contributed by atoms with van der Waals surface area (Å²) in [6.07, 6.45) is 0. The van der Waals surface area contributed by atoms with Crippen LogP contribution in [0.15, 0.2) is 29.2 Å². The van der Waals surface area contributed by atoms with E-state index in [9.17, 15) is 9.59 Å². The number of nitriles is 1. The van der Waals surface area contributed by atoms with Crippen LogP contribution in [0.5, 0.6) is 0 Å². The third kappa shape index (κ3) is 4.91. The Kier molecular flexibility index (Phi) is 5.55. The number of amides is 2. The summed E-state index contributed by atoms with van der Waals surface area (Å²) in [6.45, 7) is 2.93. The number of anilines is 1. The van der Waals surface area contributed by atoms with Crippen LogP contribution < -0.4 is 10.6 Å². The Bertz CT molecular complexity index is 535. The molecule has 0 unspecified atom stereocenters. The lowest BCUT2D eigenvalue weighted by molar-refractivity contribution is -0.137. The van der Waals surface area contributed by atoms with Crippen LogP contribution in [0.1, 0.15) is 13.8 Å². The van der Waals surface area contributed by atoms with Crippen molar-refractivity contribution in [3.05, 3.63) is 24.3 Å². The van der Waals surface area contributed by atoms with Gasteiger partial charge in [-0.25, -0.2) is 0 Å². The molecule has 0 aliphatic rings. The number of benzene rings is 1. The van der Waals surface area contributed by atoms with Crippen molar-refractivity contribution in [2.75, 3.05) is 11.9 Å². The summed E-state index contributed by atoms with van der Waals surface area (Å²) in [7, 11) is 0. The molecule has 0 atom stereocenters. The fraction of sp³-hybridized carbons (Fsp3) is 0.308. The number of nitrogens with one attached hydrogen (secondary N) is 2. The molecule has 20 heavy (non-hydrogen) atoms. The topological polar surface area (TPSA) is 102 Å². The second-order valence-electron chi connectivity index (χ2n) is 4.67. The highest BCUT2D eigenvalue weighted by molar-refractivity contribution is 8.03. The minimum atomic E-state index is -0.859. The van der Waals surface area contributed by atoms with E-state index in [1.807, 2.05) is 5.40 Å². The zero-order valence-corrected chi connectivity index (χ0v) is 12.0. The zero-order valence-electron chi connectivity index (χ0n) is 11.1. The van der Waals surface area contributed by atoms with Crippen LogP contribution in [-0.2, 0) is 9.59 Å². The summed E-state index contributed by atoms with van der Waals surface area (Å²) < 4.78 is 0. The molecule has 0 fully saturated rings. The summed E-state index contributed by atoms with van der Waals surface area (Å²) in [5.74, 6) is -1.63. The Balaban J connectivity index is 2.62. The molecule has 0 spiro atoms. The van der Waals surface area contributed by atoms with Crippen molar-refractivity contribution in [3.8, 4) is 5.40 Å². The maximum Gasteiger partial charge on any atom is 0.313 e. The third-order valence-corrected chi connectivity index (χ3v) is 2.93. The van der Waals surface area contributed by atoms with Gasteiger partial charge in [0.15, 0.2) is 0 Å². The van der Waals surface area contributed by atoms with E-state index in [1.54, 1.807) is 38.1 Å². The number of carbonyl (C=O) groups excluding carboxylic acids is 2. The molecule has 0 aliphatic carbocycles. The van der Waals surface area contributed by atoms with Crippen molar-refractivity contribution in [2.45, 2.75) is 24.3 Å². The molecule has 3 N–H and O–H groups in total. The van der Waals surface area contributed by atoms with Gasteiger partial charge >= 0.3 is 11.8 Å². The molecule has 0 bridgehead atoms. The van der Waals surface area contributed by atoms with Crippen LogP contribution in [0.25, 0.3) is 0 Å². The Morgan fingerprint density at radius 3 is 2.40 bits per heavy atom. The van der Waals surface area contributed by atoms with Gasteiger partial charge in [0, 0.05) is 10.6 Å². The number of thiocyanates is 1. The molecule has 0 aromatic heterocycles. The Labute approximate surface area is 121 Å². The molecular formula is C13H15N3O3S. The molecule has 0 heterocycles. The first-order chi connectivity index (χ1) is 9.38. The van der Waals surface area contributed by atoms with E-state index >= 15 is 0 Å². The molecule has 1 aromatic carbocycles. The van der Waals surface area contributed by atoms with Crippen LogP contribution in [0.3, 0.4) is 0 Å². The summed E-state index contributed by atoms with van der Waals surface area (Å²) in [5, 5.41) is 24.3. The average molecular weight is 293 g/mol. The number of hydrogen-bond acceptors (Lipinski definition) is 5. The van der Waals surface area contributed by atoms with Gasteiger partial charge in [0.25, 0.3) is 0 Å². The van der Waals surface area contributed by atoms with E-state index in [1.165, 1.54) is 0 Å². The van der Waals surface area contributed by atoms with Crippen molar-refractivity contribution in [2.24, 2.45) is 0 Å². The monoisotopic (exact) mass is 293 g/mol. The average Bonchev–Trinajstić information content (AvgIpc) is 2.41. The summed E-state index contributed by atoms with van der Waals surface area (Å²) >= 11 is 1.01. The fourth-order valence-corrected chi connectivity index (χ4v) is 1.63. The van der Waals surface area contributed by atoms with Crippen molar-refractivity contribution < 1.29 is 14.7 Å². The van der Waals surface area contributed by atoms with E-state index < -0.39 is 17.4 Å². The van der Waals surface area contributed by atoms with Crippen molar-refractivity contribution in [1.82, 2.24) is 5.32 Å². The minimum absolute atomic E-state index is 0.272. The molecule has 0 saturated carbocycles. The number of thioether (sulfide) groups is 1. The van der Waals surface area contributed by atoms with Gasteiger partial charge in [0.2, 0.25) is 0 Å². The number of aliphatic hydroxyl groups excluding tert-OH is 1. The van der Waals surface area contributed by atoms with Crippen LogP contribution in [0.2, 0.25) is 0 Å². The Morgan fingerprint density at radius 1 is 1.30 bits per heavy atom. The van der Waals surface area contributed by atoms with Gasteiger partial charge in [-0.05, 0) is 49.9 Å². The number of nitrogens with zero attached hydrogens (tertiary/aromatic N) is 1. The first-order valence-corrected chi connectivity index (χ1v) is 6.60. The number of hydrogen-bond donors (Lipinski definition) is 3. The molecule has 0 aliphatic heterocycles. The van der Waals surface area contributed by atoms with Crippen LogP contribution >= 0.6 is 11.8 Å². The fourth-order valence-electron chi connectivity index (χ4n) is 1.25. The zero-order chi connectivity index (χ0) is 15.2.